The number of rotatable bonds is 6. The van der Waals surface area contributed by atoms with Gasteiger partial charge < -0.3 is 19.3 Å². The van der Waals surface area contributed by atoms with Crippen LogP contribution in [0.5, 0.6) is 11.5 Å². The Morgan fingerprint density at radius 2 is 1.70 bits per heavy atom. The number of likely N-dealkylation sites (tertiary alicyclic amines) is 2. The first-order chi connectivity index (χ1) is 19.1. The van der Waals surface area contributed by atoms with Crippen molar-refractivity contribution < 1.29 is 36.3 Å². The monoisotopic (exact) mass is 597 g/mol. The Morgan fingerprint density at radius 1 is 1.05 bits per heavy atom. The summed E-state index contributed by atoms with van der Waals surface area (Å²) in [6.45, 7) is 2.63. The van der Waals surface area contributed by atoms with Crippen molar-refractivity contribution in [3.8, 4) is 11.5 Å². The number of piperazine rings is 1. The number of halogens is 3. The van der Waals surface area contributed by atoms with E-state index in [2.05, 4.69) is 0 Å². The molecule has 5 rings (SSSR count). The van der Waals surface area contributed by atoms with Gasteiger partial charge in [-0.05, 0) is 75.4 Å². The van der Waals surface area contributed by atoms with Crippen LogP contribution in [0.2, 0.25) is 5.02 Å². The molecule has 0 saturated carbocycles. The van der Waals surface area contributed by atoms with Crippen LogP contribution in [0.1, 0.15) is 39.0 Å². The molecular weight excluding hydrogens is 568 g/mol. The molecule has 3 heterocycles. The highest BCUT2D eigenvalue weighted by atomic mass is 35.5. The number of esters is 1. The Morgan fingerprint density at radius 3 is 2.33 bits per heavy atom. The number of amides is 2. The molecule has 0 aliphatic carbocycles. The predicted octanol–water partition coefficient (Wildman–Crippen LogP) is 4.79. The van der Waals surface area contributed by atoms with Gasteiger partial charge in [0.25, 0.3) is 0 Å². The summed E-state index contributed by atoms with van der Waals surface area (Å²) in [6, 6.07) is 6.11. The van der Waals surface area contributed by atoms with Gasteiger partial charge in [-0.1, -0.05) is 11.6 Å². The molecule has 2 atom stereocenters. The molecule has 0 N–H and O–H groups in total. The predicted molar refractivity (Wildman–Crippen MR) is 142 cm³/mol. The lowest BCUT2D eigenvalue weighted by atomic mass is 9.97. The molecule has 0 radical (unpaired) electrons. The lowest BCUT2D eigenvalue weighted by Crippen LogP contribution is -2.68. The van der Waals surface area contributed by atoms with E-state index in [-0.39, 0.29) is 44.3 Å². The summed E-state index contributed by atoms with van der Waals surface area (Å²) in [4.78, 5) is 29.3. The summed E-state index contributed by atoms with van der Waals surface area (Å²) in [6.07, 6.45) is 3.18. The smallest absolute Gasteiger partial charge is 0.329 e. The Balaban J connectivity index is 1.47. The van der Waals surface area contributed by atoms with E-state index in [4.69, 9.17) is 21.1 Å². The Labute approximate surface area is 236 Å². The standard InChI is InChI=1S/C27H30ClF2N3O6S/c1-2-38-25(34)27-11-10-19(16-32(17-27)26(35)31-12-4-3-5-13-31)33(27)40(36,37)21-14-22(29)24(23(30)15-21)39-20-8-6-18(28)7-9-20/h6-9,14-15,19H,2-5,10-13,16-17H2,1H3. The van der Waals surface area contributed by atoms with E-state index < -0.39 is 49.9 Å². The third-order valence-corrected chi connectivity index (χ3v) is 9.89. The molecule has 2 aromatic carbocycles. The summed E-state index contributed by atoms with van der Waals surface area (Å²) < 4.78 is 69.8. The average molecular weight is 598 g/mol. The van der Waals surface area contributed by atoms with Crippen molar-refractivity contribution in [1.29, 1.82) is 0 Å². The molecular formula is C27H30ClF2N3O6S. The van der Waals surface area contributed by atoms with E-state index in [1.54, 1.807) is 11.8 Å². The molecule has 3 saturated heterocycles. The van der Waals surface area contributed by atoms with Crippen molar-refractivity contribution in [2.75, 3.05) is 32.8 Å². The number of sulfonamides is 1. The van der Waals surface area contributed by atoms with Crippen molar-refractivity contribution in [1.82, 2.24) is 14.1 Å². The SMILES string of the molecule is CCOC(=O)C12CCC(CN(C(=O)N3CCCCC3)C1)N2S(=O)(=O)c1cc(F)c(Oc2ccc(Cl)cc2)c(F)c1. The number of carbonyl (C=O) groups excluding carboxylic acids is 2. The van der Waals surface area contributed by atoms with Crippen molar-refractivity contribution in [3.63, 3.8) is 0 Å². The van der Waals surface area contributed by atoms with E-state index in [1.807, 2.05) is 0 Å². The van der Waals surface area contributed by atoms with Crippen LogP contribution in [0.3, 0.4) is 0 Å². The molecule has 0 aromatic heterocycles. The van der Waals surface area contributed by atoms with Crippen LogP contribution in [-0.2, 0) is 19.6 Å². The maximum absolute atomic E-state index is 15.1. The molecule has 40 heavy (non-hydrogen) atoms. The number of ether oxygens (including phenoxy) is 2. The fourth-order valence-corrected chi connectivity index (χ4v) is 7.93. The Hall–Kier alpha value is -2.96. The number of carbonyl (C=O) groups is 2. The van der Waals surface area contributed by atoms with Crippen molar-refractivity contribution in [2.24, 2.45) is 0 Å². The van der Waals surface area contributed by atoms with Crippen molar-refractivity contribution in [3.05, 3.63) is 53.1 Å². The average Bonchev–Trinajstić information content (AvgIpc) is 3.20. The van der Waals surface area contributed by atoms with Crippen LogP contribution in [0.4, 0.5) is 13.6 Å². The number of benzene rings is 2. The van der Waals surface area contributed by atoms with Crippen LogP contribution in [0.25, 0.3) is 0 Å². The minimum Gasteiger partial charge on any atom is -0.465 e. The Kier molecular flexibility index (Phi) is 7.95. The van der Waals surface area contributed by atoms with Gasteiger partial charge >= 0.3 is 12.0 Å². The summed E-state index contributed by atoms with van der Waals surface area (Å²) in [5.74, 6) is -3.93. The minimum atomic E-state index is -4.61. The third-order valence-electron chi connectivity index (χ3n) is 7.64. The fraction of sp³-hybridized carbons (Fsp3) is 0.481. The molecule has 9 nitrogen and oxygen atoms in total. The molecule has 13 heteroatoms. The highest BCUT2D eigenvalue weighted by Crippen LogP contribution is 2.45. The number of fused-ring (bicyclic) bond motifs is 2. The maximum atomic E-state index is 15.1. The normalized spacial score (nSPS) is 23.2. The molecule has 0 spiro atoms. The van der Waals surface area contributed by atoms with E-state index in [1.165, 1.54) is 29.2 Å². The molecule has 2 unspecified atom stereocenters. The second-order valence-corrected chi connectivity index (χ2v) is 12.5. The van der Waals surface area contributed by atoms with Gasteiger partial charge in [-0.2, -0.15) is 4.31 Å². The fourth-order valence-electron chi connectivity index (χ4n) is 5.83. The van der Waals surface area contributed by atoms with Crippen LogP contribution >= 0.6 is 11.6 Å². The molecule has 216 valence electrons. The highest BCUT2D eigenvalue weighted by molar-refractivity contribution is 7.89. The van der Waals surface area contributed by atoms with Gasteiger partial charge in [0, 0.05) is 30.7 Å². The van der Waals surface area contributed by atoms with Gasteiger partial charge in [0.05, 0.1) is 18.0 Å². The maximum Gasteiger partial charge on any atom is 0.329 e. The third kappa shape index (κ3) is 5.12. The second-order valence-electron chi connectivity index (χ2n) is 10.2. The number of urea groups is 1. The molecule has 2 bridgehead atoms. The number of hydrogen-bond acceptors (Lipinski definition) is 6. The summed E-state index contributed by atoms with van der Waals surface area (Å²) in [5.41, 5.74) is -1.71. The summed E-state index contributed by atoms with van der Waals surface area (Å²) in [7, 11) is -4.61. The van der Waals surface area contributed by atoms with E-state index in [9.17, 15) is 18.0 Å². The first-order valence-electron chi connectivity index (χ1n) is 13.2. The van der Waals surface area contributed by atoms with E-state index in [0.29, 0.717) is 30.2 Å². The molecule has 2 aromatic rings. The van der Waals surface area contributed by atoms with Crippen LogP contribution < -0.4 is 4.74 Å². The second kappa shape index (κ2) is 11.1. The van der Waals surface area contributed by atoms with Crippen LogP contribution in [0.15, 0.2) is 41.3 Å². The van der Waals surface area contributed by atoms with Gasteiger partial charge in [0.15, 0.2) is 22.9 Å². The van der Waals surface area contributed by atoms with Crippen LogP contribution in [0, 0.1) is 11.6 Å². The summed E-state index contributed by atoms with van der Waals surface area (Å²) in [5, 5.41) is 0.401. The lowest BCUT2D eigenvalue weighted by molar-refractivity contribution is -0.156. The van der Waals surface area contributed by atoms with Gasteiger partial charge in [0.2, 0.25) is 10.0 Å². The molecule has 3 fully saturated rings. The first kappa shape index (κ1) is 28.6. The van der Waals surface area contributed by atoms with Crippen LogP contribution in [-0.4, -0.2) is 78.9 Å². The van der Waals surface area contributed by atoms with E-state index in [0.717, 1.165) is 23.6 Å². The lowest BCUT2D eigenvalue weighted by Gasteiger charge is -2.47. The number of nitrogens with zero attached hydrogens (tertiary/aromatic N) is 3. The number of hydrogen-bond donors (Lipinski definition) is 0. The first-order valence-corrected chi connectivity index (χ1v) is 15.1. The zero-order valence-electron chi connectivity index (χ0n) is 21.9. The zero-order chi connectivity index (χ0) is 28.7. The quantitative estimate of drug-likeness (QED) is 0.445. The Bertz CT molecular complexity index is 1380. The zero-order valence-corrected chi connectivity index (χ0v) is 23.5. The van der Waals surface area contributed by atoms with Crippen molar-refractivity contribution in [2.45, 2.75) is 55.5 Å². The topological polar surface area (TPSA) is 96.5 Å². The minimum absolute atomic E-state index is 0.000794. The largest absolute Gasteiger partial charge is 0.465 e. The van der Waals surface area contributed by atoms with Gasteiger partial charge in [0.1, 0.15) is 5.75 Å². The summed E-state index contributed by atoms with van der Waals surface area (Å²) >= 11 is 5.84. The molecule has 3 aliphatic heterocycles. The van der Waals surface area contributed by atoms with Gasteiger partial charge in [-0.3, -0.25) is 0 Å². The van der Waals surface area contributed by atoms with Crippen molar-refractivity contribution >= 4 is 33.6 Å². The highest BCUT2D eigenvalue weighted by Gasteiger charge is 2.62. The van der Waals surface area contributed by atoms with Gasteiger partial charge in [-0.15, -0.1) is 0 Å². The molecule has 3 aliphatic rings. The number of piperidine rings is 1. The molecule has 2 amide bonds. The van der Waals surface area contributed by atoms with Gasteiger partial charge in [-0.25, -0.2) is 26.8 Å². The van der Waals surface area contributed by atoms with E-state index >= 15 is 8.78 Å².